The van der Waals surface area contributed by atoms with E-state index in [4.69, 9.17) is 33.7 Å². The van der Waals surface area contributed by atoms with Gasteiger partial charge in [-0.3, -0.25) is 9.32 Å². The summed E-state index contributed by atoms with van der Waals surface area (Å²) in [7, 11) is -4.31. The Morgan fingerprint density at radius 2 is 1.96 bits per heavy atom. The van der Waals surface area contributed by atoms with Crippen molar-refractivity contribution in [2.45, 2.75) is 93.7 Å². The van der Waals surface area contributed by atoms with Gasteiger partial charge in [0.15, 0.2) is 17.2 Å². The van der Waals surface area contributed by atoms with E-state index in [2.05, 4.69) is 21.2 Å². The predicted octanol–water partition coefficient (Wildman–Crippen LogP) is 3.50. The van der Waals surface area contributed by atoms with Crippen LogP contribution >= 0.6 is 7.75 Å². The molecule has 4 heterocycles. The van der Waals surface area contributed by atoms with Gasteiger partial charge in [-0.05, 0) is 88.1 Å². The molecule has 0 radical (unpaired) electrons. The van der Waals surface area contributed by atoms with Crippen molar-refractivity contribution >= 4 is 25.1 Å². The van der Waals surface area contributed by atoms with Crippen LogP contribution in [0.2, 0.25) is 0 Å². The van der Waals surface area contributed by atoms with Crippen molar-refractivity contribution in [1.82, 2.24) is 19.7 Å². The second-order valence-corrected chi connectivity index (χ2v) is 15.0. The fraction of sp³-hybridized carbons (Fsp3) is 0.548. The summed E-state index contributed by atoms with van der Waals surface area (Å²) in [6.07, 6.45) is 1.99. The number of nitrogens with two attached hydrogens (primary N) is 1. The maximum absolute atomic E-state index is 14.5. The highest BCUT2D eigenvalue weighted by molar-refractivity contribution is 7.52. The number of hydrogen-bond acceptors (Lipinski definition) is 12. The van der Waals surface area contributed by atoms with Crippen LogP contribution in [0.1, 0.15) is 58.2 Å². The Balaban J connectivity index is 1.11. The van der Waals surface area contributed by atoms with E-state index in [0.717, 1.165) is 5.92 Å². The van der Waals surface area contributed by atoms with Gasteiger partial charge >= 0.3 is 13.7 Å². The number of nitrogens with one attached hydrogen (secondary N) is 1. The molecule has 14 nitrogen and oxygen atoms in total. The quantitative estimate of drug-likeness (QED) is 0.241. The standard InChI is InChI=1S/C31H35N6O8P/c1-5-40-26(38)17(2)36-46(39,43-20-8-6-19(7-9-20)29-12-18(13-29)14-29)44-24-23-31(24)27(42-28(3,4)45-31)30(15-32,41-23)22-11-10-21-25(33)34-16-35-37(21)22/h6-11,16-18,23-24,27H,5,12-14H2,1-4H3,(H,36,39)(H2,33,34,35)/t17-,18?,23+,24?,27-,29?,30-,31-,46?/m0/s1. The van der Waals surface area contributed by atoms with Gasteiger partial charge in [0.2, 0.25) is 5.60 Å². The van der Waals surface area contributed by atoms with Crippen LogP contribution in [0, 0.1) is 17.2 Å². The van der Waals surface area contributed by atoms with Gasteiger partial charge < -0.3 is 29.2 Å². The van der Waals surface area contributed by atoms with Gasteiger partial charge in [0.05, 0.1) is 12.3 Å². The molecule has 2 aromatic heterocycles. The number of nitrogen functional groups attached to an aromatic ring is 1. The molecule has 4 aliphatic carbocycles. The lowest BCUT2D eigenvalue weighted by Crippen LogP contribution is -2.55. The summed E-state index contributed by atoms with van der Waals surface area (Å²) in [6.45, 7) is 6.78. The average molecular weight is 651 g/mol. The van der Waals surface area contributed by atoms with Crippen LogP contribution in [-0.4, -0.2) is 62.9 Å². The highest BCUT2D eigenvalue weighted by Crippen LogP contribution is 2.70. The zero-order chi connectivity index (χ0) is 32.3. The van der Waals surface area contributed by atoms with Crippen LogP contribution in [0.5, 0.6) is 5.75 Å². The van der Waals surface area contributed by atoms with Crippen molar-refractivity contribution in [3.8, 4) is 11.8 Å². The van der Waals surface area contributed by atoms with Crippen LogP contribution < -0.4 is 15.3 Å². The van der Waals surface area contributed by atoms with Crippen molar-refractivity contribution < 1.29 is 37.4 Å². The van der Waals surface area contributed by atoms with Crippen LogP contribution in [0.15, 0.2) is 42.7 Å². The lowest BCUT2D eigenvalue weighted by atomic mass is 9.42. The molecule has 2 bridgehead atoms. The lowest BCUT2D eigenvalue weighted by Gasteiger charge is -2.62. The fourth-order valence-corrected chi connectivity index (χ4v) is 9.48. The number of benzene rings is 1. The van der Waals surface area contributed by atoms with E-state index >= 15 is 0 Å². The first-order valence-electron chi connectivity index (χ1n) is 15.5. The third-order valence-corrected chi connectivity index (χ3v) is 11.6. The number of ether oxygens (including phenoxy) is 4. The first kappa shape index (κ1) is 29.8. The van der Waals surface area contributed by atoms with Crippen molar-refractivity contribution in [2.75, 3.05) is 12.3 Å². The van der Waals surface area contributed by atoms with Crippen molar-refractivity contribution in [3.05, 3.63) is 54.0 Å². The van der Waals surface area contributed by atoms with E-state index < -0.39 is 55.1 Å². The van der Waals surface area contributed by atoms with E-state index in [1.807, 2.05) is 12.1 Å². The highest BCUT2D eigenvalue weighted by atomic mass is 31.2. The van der Waals surface area contributed by atoms with Crippen LogP contribution in [-0.2, 0) is 43.8 Å². The Morgan fingerprint density at radius 3 is 2.61 bits per heavy atom. The maximum atomic E-state index is 14.5. The number of esters is 1. The minimum atomic E-state index is -4.31. The highest BCUT2D eigenvalue weighted by Gasteiger charge is 2.89. The van der Waals surface area contributed by atoms with E-state index in [0.29, 0.717) is 17.0 Å². The van der Waals surface area contributed by atoms with Gasteiger partial charge in [0, 0.05) is 0 Å². The topological polar surface area (TPSA) is 182 Å². The molecule has 242 valence electrons. The van der Waals surface area contributed by atoms with Crippen LogP contribution in [0.4, 0.5) is 5.82 Å². The van der Waals surface area contributed by atoms with Gasteiger partial charge in [-0.25, -0.2) is 14.1 Å². The number of aromatic nitrogens is 3. The minimum Gasteiger partial charge on any atom is -0.465 e. The molecule has 6 aliphatic rings. The van der Waals surface area contributed by atoms with E-state index in [1.54, 1.807) is 45.0 Å². The Bertz CT molecular complexity index is 1830. The second-order valence-electron chi connectivity index (χ2n) is 13.4. The number of carbonyl (C=O) groups is 1. The molecule has 2 aliphatic heterocycles. The van der Waals surface area contributed by atoms with Crippen LogP contribution in [0.25, 0.3) is 5.52 Å². The number of rotatable bonds is 10. The average Bonchev–Trinajstić information content (AvgIpc) is 3.29. The molecular formula is C31H35N6O8P. The molecule has 2 saturated heterocycles. The van der Waals surface area contributed by atoms with Crippen molar-refractivity contribution in [3.63, 3.8) is 0 Å². The first-order chi connectivity index (χ1) is 21.9. The lowest BCUT2D eigenvalue weighted by molar-refractivity contribution is -0.188. The third kappa shape index (κ3) is 4.13. The van der Waals surface area contributed by atoms with Gasteiger partial charge in [-0.1, -0.05) is 12.1 Å². The number of fused-ring (bicyclic) bond motifs is 1. The number of nitriles is 1. The molecule has 7 atom stereocenters. The van der Waals surface area contributed by atoms with Gasteiger partial charge in [-0.2, -0.15) is 15.4 Å². The summed E-state index contributed by atoms with van der Waals surface area (Å²) in [5, 5.41) is 17.7. The van der Waals surface area contributed by atoms with Gasteiger partial charge in [0.1, 0.15) is 48.0 Å². The molecule has 15 heteroatoms. The normalized spacial score (nSPS) is 36.3. The number of anilines is 1. The summed E-state index contributed by atoms with van der Waals surface area (Å²) in [4.78, 5) is 16.6. The number of nitrogens with zero attached hydrogens (tertiary/aromatic N) is 4. The van der Waals surface area contributed by atoms with E-state index in [9.17, 15) is 14.6 Å². The summed E-state index contributed by atoms with van der Waals surface area (Å²) in [5.41, 5.74) is 5.39. The molecule has 0 amide bonds. The Kier molecular flexibility index (Phi) is 6.30. The summed E-state index contributed by atoms with van der Waals surface area (Å²) < 4.78 is 52.6. The van der Waals surface area contributed by atoms with Gasteiger partial charge in [-0.15, -0.1) is 0 Å². The maximum Gasteiger partial charge on any atom is 0.459 e. The Hall–Kier alpha value is -3.57. The molecule has 3 aromatic rings. The van der Waals surface area contributed by atoms with Gasteiger partial charge in [0.25, 0.3) is 0 Å². The minimum absolute atomic E-state index is 0.145. The Labute approximate surface area is 265 Å². The smallest absolute Gasteiger partial charge is 0.459 e. The number of hydrogen-bond donors (Lipinski definition) is 2. The predicted molar refractivity (Wildman–Crippen MR) is 160 cm³/mol. The molecule has 6 fully saturated rings. The summed E-state index contributed by atoms with van der Waals surface area (Å²) in [5.74, 6) is -0.411. The molecule has 4 saturated carbocycles. The zero-order valence-corrected chi connectivity index (χ0v) is 26.7. The second kappa shape index (κ2) is 9.73. The molecular weight excluding hydrogens is 615 g/mol. The molecule has 9 rings (SSSR count). The molecule has 1 aromatic carbocycles. The largest absolute Gasteiger partial charge is 0.465 e. The Morgan fingerprint density at radius 1 is 1.22 bits per heavy atom. The fourth-order valence-electron chi connectivity index (χ4n) is 7.77. The first-order valence-corrected chi connectivity index (χ1v) is 17.0. The molecule has 1 spiro atoms. The van der Waals surface area contributed by atoms with Crippen LogP contribution in [0.3, 0.4) is 0 Å². The third-order valence-electron chi connectivity index (χ3n) is 9.97. The summed E-state index contributed by atoms with van der Waals surface area (Å²) >= 11 is 0. The van der Waals surface area contributed by atoms with Crippen molar-refractivity contribution in [1.29, 1.82) is 5.26 Å². The van der Waals surface area contributed by atoms with Crippen molar-refractivity contribution in [2.24, 2.45) is 5.92 Å². The SMILES string of the molecule is CCOC(=O)[C@H](C)NP(=O)(Oc1ccc(C23CC(C2)C3)cc1)OC1[C@H]2O[C@@](C#N)(c3ccc4c(N)ncnn34)[C@@H]3OC(C)(C)O[C@]123. The molecule has 2 unspecified atom stereocenters. The zero-order valence-electron chi connectivity index (χ0n) is 25.8. The number of carbonyl (C=O) groups excluding carboxylic acids is 1. The monoisotopic (exact) mass is 650 g/mol. The molecule has 46 heavy (non-hydrogen) atoms. The molecule has 3 N–H and O–H groups in total. The van der Waals surface area contributed by atoms with E-state index in [-0.39, 0.29) is 17.8 Å². The summed E-state index contributed by atoms with van der Waals surface area (Å²) in [6, 6.07) is 12.1. The van der Waals surface area contributed by atoms with E-state index in [1.165, 1.54) is 42.6 Å².